The van der Waals surface area contributed by atoms with E-state index in [9.17, 15) is 9.59 Å². The molecule has 0 aromatic heterocycles. The van der Waals surface area contributed by atoms with Crippen LogP contribution >= 0.6 is 23.2 Å². The van der Waals surface area contributed by atoms with Gasteiger partial charge in [0, 0.05) is 23.4 Å². The summed E-state index contributed by atoms with van der Waals surface area (Å²) < 4.78 is 5.84. The maximum atomic E-state index is 12.3. The quantitative estimate of drug-likeness (QED) is 0.245. The SMILES string of the molecule is CCCCOc1c(Cl)cc2cc(C(CCC)c3ccc(C(=O)NCCC(=O)O)cc3)ccc2c1Cl. The molecule has 0 aliphatic carbocycles. The minimum atomic E-state index is -0.943. The van der Waals surface area contributed by atoms with Crippen LogP contribution in [0.5, 0.6) is 5.75 Å². The third-order valence-electron chi connectivity index (χ3n) is 5.93. The Hall–Kier alpha value is -2.76. The topological polar surface area (TPSA) is 75.6 Å². The normalized spacial score (nSPS) is 11.9. The van der Waals surface area contributed by atoms with Crippen molar-refractivity contribution < 1.29 is 19.4 Å². The molecule has 3 aromatic carbocycles. The van der Waals surface area contributed by atoms with Crippen LogP contribution in [0.25, 0.3) is 10.8 Å². The van der Waals surface area contributed by atoms with Crippen molar-refractivity contribution in [3.8, 4) is 5.75 Å². The highest BCUT2D eigenvalue weighted by Gasteiger charge is 2.18. The van der Waals surface area contributed by atoms with E-state index in [-0.39, 0.29) is 24.8 Å². The molecule has 0 bridgehead atoms. The lowest BCUT2D eigenvalue weighted by Crippen LogP contribution is -2.25. The summed E-state index contributed by atoms with van der Waals surface area (Å²) in [7, 11) is 0. The first-order valence-corrected chi connectivity index (χ1v) is 12.8. The van der Waals surface area contributed by atoms with E-state index in [1.807, 2.05) is 24.3 Å². The van der Waals surface area contributed by atoms with Gasteiger partial charge in [-0.3, -0.25) is 9.59 Å². The van der Waals surface area contributed by atoms with Gasteiger partial charge in [0.15, 0.2) is 5.75 Å². The minimum Gasteiger partial charge on any atom is -0.490 e. The summed E-state index contributed by atoms with van der Waals surface area (Å²) in [5.41, 5.74) is 2.75. The van der Waals surface area contributed by atoms with Gasteiger partial charge in [-0.2, -0.15) is 0 Å². The molecule has 1 amide bonds. The average Bonchev–Trinajstić information content (AvgIpc) is 2.84. The monoisotopic (exact) mass is 515 g/mol. The Morgan fingerprint density at radius 1 is 1.00 bits per heavy atom. The third-order valence-corrected chi connectivity index (χ3v) is 6.59. The Bertz CT molecular complexity index is 1180. The number of hydrogen-bond acceptors (Lipinski definition) is 3. The summed E-state index contributed by atoms with van der Waals surface area (Å²) in [4.78, 5) is 22.9. The van der Waals surface area contributed by atoms with Gasteiger partial charge in [0.25, 0.3) is 5.91 Å². The fourth-order valence-electron chi connectivity index (χ4n) is 4.06. The summed E-state index contributed by atoms with van der Waals surface area (Å²) in [5, 5.41) is 14.2. The van der Waals surface area contributed by atoms with Crippen LogP contribution in [0, 0.1) is 0 Å². The predicted molar refractivity (Wildman–Crippen MR) is 142 cm³/mol. The molecule has 0 aliphatic heterocycles. The van der Waals surface area contributed by atoms with Gasteiger partial charge >= 0.3 is 5.97 Å². The van der Waals surface area contributed by atoms with Crippen LogP contribution in [0.4, 0.5) is 0 Å². The Morgan fingerprint density at radius 2 is 1.71 bits per heavy atom. The summed E-state index contributed by atoms with van der Waals surface area (Å²) in [6, 6.07) is 15.6. The second-order valence-corrected chi connectivity index (χ2v) is 9.33. The molecule has 1 unspecified atom stereocenters. The third kappa shape index (κ3) is 6.89. The van der Waals surface area contributed by atoms with E-state index in [1.54, 1.807) is 12.1 Å². The number of rotatable bonds is 12. The van der Waals surface area contributed by atoms with E-state index in [2.05, 4.69) is 31.3 Å². The van der Waals surface area contributed by atoms with E-state index < -0.39 is 5.97 Å². The van der Waals surface area contributed by atoms with Crippen molar-refractivity contribution in [2.45, 2.75) is 51.9 Å². The highest BCUT2D eigenvalue weighted by Crippen LogP contribution is 2.41. The van der Waals surface area contributed by atoms with Crippen LogP contribution in [0.3, 0.4) is 0 Å². The molecule has 0 spiro atoms. The first-order valence-electron chi connectivity index (χ1n) is 12.0. The number of unbranched alkanes of at least 4 members (excludes halogenated alkanes) is 1. The molecule has 3 aromatic rings. The molecule has 0 heterocycles. The van der Waals surface area contributed by atoms with Crippen LogP contribution in [-0.4, -0.2) is 30.1 Å². The number of ether oxygens (including phenoxy) is 1. The van der Waals surface area contributed by atoms with Crippen molar-refractivity contribution in [2.24, 2.45) is 0 Å². The summed E-state index contributed by atoms with van der Waals surface area (Å²) in [5.74, 6) is -0.547. The lowest BCUT2D eigenvalue weighted by Gasteiger charge is -2.19. The molecule has 0 radical (unpaired) electrons. The van der Waals surface area contributed by atoms with Gasteiger partial charge in [-0.05, 0) is 47.6 Å². The Labute approximate surface area is 216 Å². The van der Waals surface area contributed by atoms with E-state index >= 15 is 0 Å². The number of nitrogens with one attached hydrogen (secondary N) is 1. The number of carboxylic acids is 1. The number of carbonyl (C=O) groups excluding carboxylic acids is 1. The predicted octanol–water partition coefficient (Wildman–Crippen LogP) is 7.46. The molecule has 7 heteroatoms. The van der Waals surface area contributed by atoms with Gasteiger partial charge in [0.1, 0.15) is 0 Å². The van der Waals surface area contributed by atoms with Crippen LogP contribution in [0.1, 0.15) is 73.4 Å². The number of fused-ring (bicyclic) bond motifs is 1. The van der Waals surface area contributed by atoms with Crippen molar-refractivity contribution in [3.63, 3.8) is 0 Å². The first kappa shape index (κ1) is 26.8. The lowest BCUT2D eigenvalue weighted by atomic mass is 9.86. The molecular formula is C28H31Cl2NO4. The Morgan fingerprint density at radius 3 is 2.37 bits per heavy atom. The number of benzene rings is 3. The number of carboxylic acid groups (broad SMARTS) is 1. The van der Waals surface area contributed by atoms with Gasteiger partial charge in [0.2, 0.25) is 0 Å². The molecule has 2 N–H and O–H groups in total. The fourth-order valence-corrected chi connectivity index (χ4v) is 4.71. The molecule has 5 nitrogen and oxygen atoms in total. The van der Waals surface area contributed by atoms with E-state index in [1.165, 1.54) is 0 Å². The summed E-state index contributed by atoms with van der Waals surface area (Å²) in [6.07, 6.45) is 3.79. The van der Waals surface area contributed by atoms with Crippen LogP contribution < -0.4 is 10.1 Å². The van der Waals surface area contributed by atoms with E-state index in [4.69, 9.17) is 33.0 Å². The Kier molecular flexibility index (Phi) is 9.82. The maximum absolute atomic E-state index is 12.3. The van der Waals surface area contributed by atoms with Crippen LogP contribution in [0.15, 0.2) is 48.5 Å². The molecule has 3 rings (SSSR count). The minimum absolute atomic E-state index is 0.0992. The molecule has 0 fully saturated rings. The largest absolute Gasteiger partial charge is 0.490 e. The van der Waals surface area contributed by atoms with Crippen LogP contribution in [0.2, 0.25) is 10.0 Å². The van der Waals surface area contributed by atoms with Crippen LogP contribution in [-0.2, 0) is 4.79 Å². The highest BCUT2D eigenvalue weighted by molar-refractivity contribution is 6.41. The van der Waals surface area contributed by atoms with Gasteiger partial charge in [0.05, 0.1) is 23.1 Å². The summed E-state index contributed by atoms with van der Waals surface area (Å²) >= 11 is 13.2. The van der Waals surface area contributed by atoms with Gasteiger partial charge in [-0.1, -0.05) is 80.2 Å². The molecule has 1 atom stereocenters. The van der Waals surface area contributed by atoms with Crippen molar-refractivity contribution in [1.82, 2.24) is 5.32 Å². The maximum Gasteiger partial charge on any atom is 0.305 e. The first-order chi connectivity index (χ1) is 16.8. The van der Waals surface area contributed by atoms with Gasteiger partial charge in [-0.15, -0.1) is 0 Å². The summed E-state index contributed by atoms with van der Waals surface area (Å²) in [6.45, 7) is 4.92. The molecule has 0 aliphatic rings. The van der Waals surface area contributed by atoms with E-state index in [0.29, 0.717) is 28.0 Å². The molecular weight excluding hydrogens is 485 g/mol. The van der Waals surface area contributed by atoms with Crippen molar-refractivity contribution in [1.29, 1.82) is 0 Å². The van der Waals surface area contributed by atoms with Crippen molar-refractivity contribution in [3.05, 3.63) is 75.3 Å². The second-order valence-electron chi connectivity index (χ2n) is 8.55. The second kappa shape index (κ2) is 12.8. The lowest BCUT2D eigenvalue weighted by molar-refractivity contribution is -0.136. The number of hydrogen-bond donors (Lipinski definition) is 2. The fraction of sp³-hybridized carbons (Fsp3) is 0.357. The van der Waals surface area contributed by atoms with Crippen molar-refractivity contribution in [2.75, 3.05) is 13.2 Å². The molecule has 35 heavy (non-hydrogen) atoms. The standard InChI is InChI=1S/C28H31Cl2NO4/c1-3-5-15-35-27-24(29)17-21-16-20(11-12-23(21)26(27)30)22(6-4-2)18-7-9-19(10-8-18)28(34)31-14-13-25(32)33/h7-12,16-17,22H,3-6,13-15H2,1-2H3,(H,31,34)(H,32,33). The number of halogens is 2. The van der Waals surface area contributed by atoms with Gasteiger partial charge in [-0.25, -0.2) is 0 Å². The Balaban J connectivity index is 1.85. The van der Waals surface area contributed by atoms with Crippen molar-refractivity contribution >= 4 is 45.9 Å². The number of amides is 1. The number of carbonyl (C=O) groups is 2. The molecule has 0 saturated heterocycles. The zero-order chi connectivity index (χ0) is 25.4. The molecule has 0 saturated carbocycles. The zero-order valence-corrected chi connectivity index (χ0v) is 21.6. The number of aliphatic carboxylic acids is 1. The zero-order valence-electron chi connectivity index (χ0n) is 20.1. The highest BCUT2D eigenvalue weighted by atomic mass is 35.5. The van der Waals surface area contributed by atoms with E-state index in [0.717, 1.165) is 47.6 Å². The molecule has 186 valence electrons. The smallest absolute Gasteiger partial charge is 0.305 e. The van der Waals surface area contributed by atoms with Gasteiger partial charge < -0.3 is 15.2 Å². The average molecular weight is 516 g/mol.